The lowest BCUT2D eigenvalue weighted by Crippen LogP contribution is -1.83. The van der Waals surface area contributed by atoms with Crippen molar-refractivity contribution in [1.29, 1.82) is 0 Å². The third-order valence-corrected chi connectivity index (χ3v) is 6.35. The van der Waals surface area contributed by atoms with Crippen molar-refractivity contribution in [1.82, 2.24) is 0 Å². The fourth-order valence-electron chi connectivity index (χ4n) is 3.43. The van der Waals surface area contributed by atoms with E-state index in [2.05, 4.69) is 111 Å². The maximum atomic E-state index is 2.22. The van der Waals surface area contributed by atoms with Gasteiger partial charge in [-0.25, -0.2) is 0 Å². The molecule has 0 radical (unpaired) electrons. The maximum absolute atomic E-state index is 2.22. The van der Waals surface area contributed by atoms with Crippen LogP contribution in [0.15, 0.2) is 107 Å². The topological polar surface area (TPSA) is 0 Å². The summed E-state index contributed by atoms with van der Waals surface area (Å²) in [4.78, 5) is 2.53. The lowest BCUT2D eigenvalue weighted by Gasteiger charge is -2.07. The number of hydrogen-bond acceptors (Lipinski definition) is 1. The van der Waals surface area contributed by atoms with Crippen LogP contribution in [0.5, 0.6) is 0 Å². The van der Waals surface area contributed by atoms with Gasteiger partial charge in [0, 0.05) is 9.79 Å². The lowest BCUT2D eigenvalue weighted by atomic mass is 10.0. The van der Waals surface area contributed by atoms with Crippen LogP contribution in [0.4, 0.5) is 0 Å². The van der Waals surface area contributed by atoms with E-state index >= 15 is 0 Å². The first-order valence-corrected chi connectivity index (χ1v) is 11.1. The molecule has 0 heterocycles. The molecule has 0 aliphatic carbocycles. The summed E-state index contributed by atoms with van der Waals surface area (Å²) < 4.78 is 0. The van der Waals surface area contributed by atoms with Crippen LogP contribution < -0.4 is 0 Å². The molecule has 0 aliphatic rings. The summed E-state index contributed by atoms with van der Waals surface area (Å²) in [6.45, 7) is 4.38. The Balaban J connectivity index is 1.44. The van der Waals surface area contributed by atoms with Gasteiger partial charge in [-0.2, -0.15) is 0 Å². The second-order valence-corrected chi connectivity index (χ2v) is 8.40. The SMILES string of the molecule is CCc1ccc(-c2ccc(Sc3ccc(-c4ccc(CC)cc4)cc3)cc2)cc1. The molecule has 0 aliphatic heterocycles. The second kappa shape index (κ2) is 9.15. The van der Waals surface area contributed by atoms with E-state index in [4.69, 9.17) is 0 Å². The van der Waals surface area contributed by atoms with E-state index in [9.17, 15) is 0 Å². The van der Waals surface area contributed by atoms with Gasteiger partial charge in [0.25, 0.3) is 0 Å². The minimum atomic E-state index is 1.08. The van der Waals surface area contributed by atoms with Gasteiger partial charge < -0.3 is 0 Å². The average Bonchev–Trinajstić information content (AvgIpc) is 2.80. The summed E-state index contributed by atoms with van der Waals surface area (Å²) >= 11 is 1.81. The van der Waals surface area contributed by atoms with Crippen molar-refractivity contribution in [2.24, 2.45) is 0 Å². The van der Waals surface area contributed by atoms with Crippen LogP contribution in [0.25, 0.3) is 22.3 Å². The quantitative estimate of drug-likeness (QED) is 0.317. The van der Waals surface area contributed by atoms with E-state index in [-0.39, 0.29) is 0 Å². The Hall–Kier alpha value is -2.77. The Morgan fingerprint density at radius 2 is 0.690 bits per heavy atom. The van der Waals surface area contributed by atoms with Crippen molar-refractivity contribution in [3.8, 4) is 22.3 Å². The zero-order valence-corrected chi connectivity index (χ0v) is 17.9. The van der Waals surface area contributed by atoms with Crippen LogP contribution in [0.1, 0.15) is 25.0 Å². The molecule has 0 amide bonds. The Morgan fingerprint density at radius 1 is 0.414 bits per heavy atom. The summed E-state index contributed by atoms with van der Waals surface area (Å²) in [5.41, 5.74) is 7.84. The molecule has 0 N–H and O–H groups in total. The number of rotatable bonds is 6. The van der Waals surface area contributed by atoms with Crippen LogP contribution in [-0.4, -0.2) is 0 Å². The first-order valence-electron chi connectivity index (χ1n) is 10.3. The van der Waals surface area contributed by atoms with E-state index in [1.165, 1.54) is 43.2 Å². The largest absolute Gasteiger partial charge is 0.0901 e. The maximum Gasteiger partial charge on any atom is 0.0122 e. The second-order valence-electron chi connectivity index (χ2n) is 7.25. The smallest absolute Gasteiger partial charge is 0.0122 e. The van der Waals surface area contributed by atoms with Crippen molar-refractivity contribution in [3.63, 3.8) is 0 Å². The van der Waals surface area contributed by atoms with Gasteiger partial charge in [-0.05, 0) is 70.5 Å². The Labute approximate surface area is 178 Å². The highest BCUT2D eigenvalue weighted by Gasteiger charge is 2.03. The summed E-state index contributed by atoms with van der Waals surface area (Å²) in [5, 5.41) is 0. The molecule has 1 heteroatoms. The number of aryl methyl sites for hydroxylation is 2. The van der Waals surface area contributed by atoms with Crippen molar-refractivity contribution in [3.05, 3.63) is 108 Å². The summed E-state index contributed by atoms with van der Waals surface area (Å²) in [7, 11) is 0. The minimum absolute atomic E-state index is 1.08. The van der Waals surface area contributed by atoms with Gasteiger partial charge in [0.2, 0.25) is 0 Å². The van der Waals surface area contributed by atoms with Gasteiger partial charge >= 0.3 is 0 Å². The molecule has 4 aromatic carbocycles. The van der Waals surface area contributed by atoms with Crippen LogP contribution >= 0.6 is 11.8 Å². The van der Waals surface area contributed by atoms with E-state index in [0.717, 1.165) is 12.8 Å². The average molecular weight is 395 g/mol. The molecule has 0 spiro atoms. The molecule has 4 rings (SSSR count). The van der Waals surface area contributed by atoms with Gasteiger partial charge in [0.05, 0.1) is 0 Å². The third kappa shape index (κ3) is 4.81. The van der Waals surface area contributed by atoms with Gasteiger partial charge in [-0.1, -0.05) is 98.4 Å². The monoisotopic (exact) mass is 394 g/mol. The highest BCUT2D eigenvalue weighted by atomic mass is 32.2. The minimum Gasteiger partial charge on any atom is -0.0901 e. The highest BCUT2D eigenvalue weighted by molar-refractivity contribution is 7.99. The van der Waals surface area contributed by atoms with E-state index in [0.29, 0.717) is 0 Å². The third-order valence-electron chi connectivity index (χ3n) is 5.34. The molecule has 144 valence electrons. The molecule has 0 saturated heterocycles. The fourth-order valence-corrected chi connectivity index (χ4v) is 4.25. The van der Waals surface area contributed by atoms with Crippen LogP contribution in [0.3, 0.4) is 0 Å². The molecule has 29 heavy (non-hydrogen) atoms. The molecular formula is C28H26S. The zero-order valence-electron chi connectivity index (χ0n) is 17.1. The molecule has 0 nitrogen and oxygen atoms in total. The fraction of sp³-hybridized carbons (Fsp3) is 0.143. The van der Waals surface area contributed by atoms with Gasteiger partial charge in [-0.3, -0.25) is 0 Å². The Morgan fingerprint density at radius 3 is 0.966 bits per heavy atom. The van der Waals surface area contributed by atoms with Crippen LogP contribution in [0.2, 0.25) is 0 Å². The standard InChI is InChI=1S/C28H26S/c1-3-21-5-9-23(10-6-21)25-13-17-27(18-14-25)29-28-19-15-26(16-20-28)24-11-7-22(4-2)8-12-24/h5-20H,3-4H2,1-2H3. The first-order chi connectivity index (χ1) is 14.2. The summed E-state index contributed by atoms with van der Waals surface area (Å²) in [6.07, 6.45) is 2.16. The van der Waals surface area contributed by atoms with E-state index < -0.39 is 0 Å². The Kier molecular flexibility index (Phi) is 6.17. The predicted octanol–water partition coefficient (Wildman–Crippen LogP) is 8.30. The summed E-state index contributed by atoms with van der Waals surface area (Å²) in [5.74, 6) is 0. The molecular weight excluding hydrogens is 368 g/mol. The van der Waals surface area contributed by atoms with Gasteiger partial charge in [0.15, 0.2) is 0 Å². The van der Waals surface area contributed by atoms with Crippen molar-refractivity contribution < 1.29 is 0 Å². The lowest BCUT2D eigenvalue weighted by molar-refractivity contribution is 1.14. The van der Waals surface area contributed by atoms with E-state index in [1.807, 2.05) is 11.8 Å². The molecule has 0 atom stereocenters. The molecule has 0 unspecified atom stereocenters. The molecule has 4 aromatic rings. The van der Waals surface area contributed by atoms with Crippen molar-refractivity contribution >= 4 is 11.8 Å². The number of benzene rings is 4. The predicted molar refractivity (Wildman–Crippen MR) is 127 cm³/mol. The first kappa shape index (κ1) is 19.5. The normalized spacial score (nSPS) is 10.8. The zero-order chi connectivity index (χ0) is 20.1. The highest BCUT2D eigenvalue weighted by Crippen LogP contribution is 2.31. The Bertz CT molecular complexity index is 952. The molecule has 0 bridgehead atoms. The van der Waals surface area contributed by atoms with Crippen LogP contribution in [-0.2, 0) is 12.8 Å². The van der Waals surface area contributed by atoms with Crippen molar-refractivity contribution in [2.75, 3.05) is 0 Å². The number of hydrogen-bond donors (Lipinski definition) is 0. The molecule has 0 aromatic heterocycles. The summed E-state index contributed by atoms with van der Waals surface area (Å²) in [6, 6.07) is 35.4. The molecule has 0 saturated carbocycles. The van der Waals surface area contributed by atoms with Gasteiger partial charge in [-0.15, -0.1) is 0 Å². The van der Waals surface area contributed by atoms with Crippen LogP contribution in [0, 0.1) is 0 Å². The molecule has 0 fully saturated rings. The van der Waals surface area contributed by atoms with Gasteiger partial charge in [0.1, 0.15) is 0 Å². The van der Waals surface area contributed by atoms with E-state index in [1.54, 1.807) is 0 Å². The van der Waals surface area contributed by atoms with Crippen molar-refractivity contribution in [2.45, 2.75) is 36.5 Å².